The fraction of sp³-hybridized carbons (Fsp3) is 0.441. The third-order valence-electron chi connectivity index (χ3n) is 8.91. The lowest BCUT2D eigenvalue weighted by atomic mass is 10.0. The Hall–Kier alpha value is -3.95. The minimum absolute atomic E-state index is 0.0375. The van der Waals surface area contributed by atoms with Crippen molar-refractivity contribution in [1.29, 1.82) is 0 Å². The van der Waals surface area contributed by atoms with E-state index in [9.17, 15) is 19.5 Å². The third-order valence-corrected chi connectivity index (χ3v) is 10.1. The minimum Gasteiger partial charge on any atom is -0.506 e. The number of benzene rings is 1. The predicted octanol–water partition coefficient (Wildman–Crippen LogP) is 3.11. The molecule has 3 aromatic rings. The Balaban J connectivity index is 1.28. The molecule has 0 unspecified atom stereocenters. The maximum Gasteiger partial charge on any atom is 0.318 e. The zero-order valence-corrected chi connectivity index (χ0v) is 30.5. The number of carbonyl (C=O) groups is 3. The first-order valence-corrected chi connectivity index (χ1v) is 18.1. The molecule has 13 nitrogen and oxygen atoms in total. The minimum atomic E-state index is -0.984. The second-order valence-corrected chi connectivity index (χ2v) is 13.9. The van der Waals surface area contributed by atoms with Crippen LogP contribution in [0, 0.1) is 0 Å². The molecule has 4 amide bonds. The number of hydrogen-bond acceptors (Lipinski definition) is 9. The highest BCUT2D eigenvalue weighted by Crippen LogP contribution is 2.33. The van der Waals surface area contributed by atoms with Crippen LogP contribution in [0.5, 0.6) is 5.75 Å². The molecule has 15 heteroatoms. The number of pyridine rings is 2. The van der Waals surface area contributed by atoms with Crippen LogP contribution < -0.4 is 26.2 Å². The lowest BCUT2D eigenvalue weighted by Crippen LogP contribution is -2.59. The molecule has 0 saturated carbocycles. The topological polar surface area (TPSA) is 160 Å². The van der Waals surface area contributed by atoms with E-state index in [1.54, 1.807) is 46.7 Å². The summed E-state index contributed by atoms with van der Waals surface area (Å²) in [5, 5.41) is 16.2. The molecule has 0 radical (unpaired) electrons. The van der Waals surface area contributed by atoms with E-state index in [2.05, 4.69) is 62.3 Å². The number of halogens is 2. The fourth-order valence-electron chi connectivity index (χ4n) is 6.13. The van der Waals surface area contributed by atoms with Crippen LogP contribution >= 0.6 is 31.9 Å². The number of hydrogen-bond donors (Lipinski definition) is 4. The van der Waals surface area contributed by atoms with Gasteiger partial charge in [-0.15, -0.1) is 0 Å². The van der Waals surface area contributed by atoms with E-state index in [1.165, 1.54) is 0 Å². The van der Waals surface area contributed by atoms with Crippen molar-refractivity contribution in [3.8, 4) is 5.75 Å². The zero-order valence-electron chi connectivity index (χ0n) is 27.3. The first-order chi connectivity index (χ1) is 23.7. The SMILES string of the molecule is NCCCC[C@H](NC(=O)[C@@H](Cc1cc(Br)c(O)c(Br)c1)NC(=O)N1CCN(c2ccncc2)CC1)C(=O)N1CCN(c2ccncc2)CC1. The number of nitrogens with one attached hydrogen (secondary N) is 2. The van der Waals surface area contributed by atoms with E-state index < -0.39 is 18.0 Å². The molecule has 5 rings (SSSR count). The lowest BCUT2D eigenvalue weighted by molar-refractivity contribution is -0.137. The van der Waals surface area contributed by atoms with Crippen LogP contribution in [-0.2, 0) is 16.0 Å². The van der Waals surface area contributed by atoms with Crippen LogP contribution in [0.2, 0.25) is 0 Å². The molecule has 0 bridgehead atoms. The number of unbranched alkanes of at least 4 members (excludes halogenated alkanes) is 1. The van der Waals surface area contributed by atoms with Crippen molar-refractivity contribution in [3.63, 3.8) is 0 Å². The smallest absolute Gasteiger partial charge is 0.318 e. The largest absolute Gasteiger partial charge is 0.506 e. The summed E-state index contributed by atoms with van der Waals surface area (Å²) in [6.45, 7) is 5.08. The second kappa shape index (κ2) is 17.6. The molecule has 2 atom stereocenters. The predicted molar refractivity (Wildman–Crippen MR) is 195 cm³/mol. The van der Waals surface area contributed by atoms with Crippen LogP contribution in [0.1, 0.15) is 24.8 Å². The quantitative estimate of drug-likeness (QED) is 0.202. The third kappa shape index (κ3) is 9.82. The number of piperazine rings is 2. The van der Waals surface area contributed by atoms with Crippen molar-refractivity contribution in [1.82, 2.24) is 30.4 Å². The van der Waals surface area contributed by atoms with E-state index in [0.29, 0.717) is 86.3 Å². The van der Waals surface area contributed by atoms with Gasteiger partial charge in [0.05, 0.1) is 8.95 Å². The molecule has 4 heterocycles. The Labute approximate surface area is 303 Å². The molecule has 262 valence electrons. The van der Waals surface area contributed by atoms with Crippen molar-refractivity contribution in [2.24, 2.45) is 5.73 Å². The number of phenols is 1. The summed E-state index contributed by atoms with van der Waals surface area (Å²) in [7, 11) is 0. The van der Waals surface area contributed by atoms with Gasteiger partial charge in [0.15, 0.2) is 0 Å². The van der Waals surface area contributed by atoms with Gasteiger partial charge in [0.1, 0.15) is 17.8 Å². The summed E-state index contributed by atoms with van der Waals surface area (Å²) in [4.78, 5) is 57.7. The van der Waals surface area contributed by atoms with Gasteiger partial charge in [-0.1, -0.05) is 0 Å². The molecule has 0 aliphatic carbocycles. The van der Waals surface area contributed by atoms with Crippen molar-refractivity contribution in [2.45, 2.75) is 37.8 Å². The van der Waals surface area contributed by atoms with Crippen molar-refractivity contribution in [3.05, 3.63) is 75.7 Å². The molecule has 49 heavy (non-hydrogen) atoms. The lowest BCUT2D eigenvalue weighted by Gasteiger charge is -2.38. The van der Waals surface area contributed by atoms with Crippen molar-refractivity contribution < 1.29 is 19.5 Å². The first kappa shape index (κ1) is 36.3. The van der Waals surface area contributed by atoms with Gasteiger partial charge in [-0.3, -0.25) is 19.6 Å². The maximum atomic E-state index is 14.1. The van der Waals surface area contributed by atoms with Gasteiger partial charge in [0.2, 0.25) is 11.8 Å². The zero-order chi connectivity index (χ0) is 34.8. The number of aromatic hydroxyl groups is 1. The van der Waals surface area contributed by atoms with E-state index >= 15 is 0 Å². The van der Waals surface area contributed by atoms with Crippen LogP contribution in [0.3, 0.4) is 0 Å². The highest BCUT2D eigenvalue weighted by atomic mass is 79.9. The van der Waals surface area contributed by atoms with E-state index in [4.69, 9.17) is 5.73 Å². The van der Waals surface area contributed by atoms with Gasteiger partial charge in [-0.2, -0.15) is 0 Å². The number of nitrogens with two attached hydrogens (primary N) is 1. The molecule has 2 fully saturated rings. The van der Waals surface area contributed by atoms with Crippen molar-refractivity contribution >= 4 is 61.1 Å². The molecule has 1 aromatic carbocycles. The van der Waals surface area contributed by atoms with Gasteiger partial charge < -0.3 is 41.1 Å². The number of carbonyl (C=O) groups excluding carboxylic acids is 3. The summed E-state index contributed by atoms with van der Waals surface area (Å²) in [6.07, 6.45) is 8.95. The monoisotopic (exact) mass is 799 g/mol. The first-order valence-electron chi connectivity index (χ1n) is 16.5. The number of amides is 4. The standard InChI is InChI=1S/C34H43Br2N9O4/c35-27-21-24(22-28(36)31(27)46)23-30(41-34(49)45-19-15-43(16-20-45)26-6-11-39-12-7-26)32(47)40-29(3-1-2-8-37)33(48)44-17-13-42(14-18-44)25-4-9-38-10-5-25/h4-7,9-12,21-22,29-30,46H,1-3,8,13-20,23,37H2,(H,40,47)(H,41,49)/t29-,30+/m0/s1. The molecule has 2 aromatic heterocycles. The highest BCUT2D eigenvalue weighted by molar-refractivity contribution is 9.11. The van der Waals surface area contributed by atoms with Crippen LogP contribution in [-0.4, -0.2) is 114 Å². The van der Waals surface area contributed by atoms with Crippen LogP contribution in [0.4, 0.5) is 16.2 Å². The number of phenolic OH excluding ortho intramolecular Hbond substituents is 1. The molecule has 0 spiro atoms. The number of anilines is 2. The Bertz CT molecular complexity index is 1530. The normalized spacial score (nSPS) is 16.2. The average molecular weight is 802 g/mol. The van der Waals surface area contributed by atoms with E-state index in [0.717, 1.165) is 17.8 Å². The average Bonchev–Trinajstić information content (AvgIpc) is 3.13. The molecular formula is C34H43Br2N9O4. The van der Waals surface area contributed by atoms with Crippen LogP contribution in [0.15, 0.2) is 70.1 Å². The summed E-state index contributed by atoms with van der Waals surface area (Å²) >= 11 is 6.74. The summed E-state index contributed by atoms with van der Waals surface area (Å²) in [5.41, 5.74) is 8.57. The molecule has 2 aliphatic heterocycles. The highest BCUT2D eigenvalue weighted by Gasteiger charge is 2.32. The number of urea groups is 1. The maximum absolute atomic E-state index is 14.1. The summed E-state index contributed by atoms with van der Waals surface area (Å²) < 4.78 is 0.908. The fourth-order valence-corrected chi connectivity index (χ4v) is 7.41. The number of nitrogens with zero attached hydrogens (tertiary/aromatic N) is 6. The second-order valence-electron chi connectivity index (χ2n) is 12.2. The van der Waals surface area contributed by atoms with Crippen molar-refractivity contribution in [2.75, 3.05) is 68.7 Å². The molecule has 2 aliphatic rings. The van der Waals surface area contributed by atoms with E-state index in [-0.39, 0.29) is 24.1 Å². The number of rotatable bonds is 12. The molecule has 2 saturated heterocycles. The van der Waals surface area contributed by atoms with Crippen LogP contribution in [0.25, 0.3) is 0 Å². The van der Waals surface area contributed by atoms with Gasteiger partial charge in [0.25, 0.3) is 0 Å². The Morgan fingerprint density at radius 1 is 0.755 bits per heavy atom. The van der Waals surface area contributed by atoms with Gasteiger partial charge in [0, 0.05) is 94.9 Å². The summed E-state index contributed by atoms with van der Waals surface area (Å²) in [5.74, 6) is -0.562. The van der Waals surface area contributed by atoms with E-state index in [1.807, 2.05) is 24.3 Å². The molecule has 5 N–H and O–H groups in total. The number of aromatic nitrogens is 2. The molecular weight excluding hydrogens is 758 g/mol. The van der Waals surface area contributed by atoms with Gasteiger partial charge >= 0.3 is 6.03 Å². The Morgan fingerprint density at radius 2 is 1.27 bits per heavy atom. The Kier molecular flexibility index (Phi) is 13.1. The Morgan fingerprint density at radius 3 is 1.78 bits per heavy atom. The summed E-state index contributed by atoms with van der Waals surface area (Å²) in [6, 6.07) is 9.10. The van der Waals surface area contributed by atoms with Gasteiger partial charge in [-0.25, -0.2) is 4.79 Å². The van der Waals surface area contributed by atoms with Gasteiger partial charge in [-0.05, 0) is 99.6 Å².